The zero-order valence-corrected chi connectivity index (χ0v) is 15.7. The molecule has 5 nitrogen and oxygen atoms in total. The van der Waals surface area contributed by atoms with Crippen molar-refractivity contribution in [3.63, 3.8) is 0 Å². The first kappa shape index (κ1) is 18.1. The topological polar surface area (TPSA) is 42.0 Å². The number of amides is 1. The lowest BCUT2D eigenvalue weighted by molar-refractivity contribution is 0.0746. The lowest BCUT2D eigenvalue weighted by Crippen LogP contribution is -2.48. The molecular formula is C21H26N2O3. The van der Waals surface area contributed by atoms with Crippen molar-refractivity contribution in [2.45, 2.75) is 13.8 Å². The molecule has 1 heterocycles. The quantitative estimate of drug-likeness (QED) is 0.826. The summed E-state index contributed by atoms with van der Waals surface area (Å²) in [6.45, 7) is 7.57. The molecule has 0 spiro atoms. The van der Waals surface area contributed by atoms with E-state index in [1.165, 1.54) is 0 Å². The Labute approximate surface area is 155 Å². The van der Waals surface area contributed by atoms with Gasteiger partial charge in [0.2, 0.25) is 0 Å². The molecule has 2 aromatic carbocycles. The molecule has 0 radical (unpaired) electrons. The molecule has 0 aromatic heterocycles. The summed E-state index contributed by atoms with van der Waals surface area (Å²) in [5, 5.41) is 0. The Morgan fingerprint density at radius 3 is 2.46 bits per heavy atom. The normalized spacial score (nSPS) is 14.3. The predicted molar refractivity (Wildman–Crippen MR) is 103 cm³/mol. The summed E-state index contributed by atoms with van der Waals surface area (Å²) >= 11 is 0. The molecule has 138 valence electrons. The highest BCUT2D eigenvalue weighted by Crippen LogP contribution is 2.29. The fourth-order valence-electron chi connectivity index (χ4n) is 3.28. The maximum absolute atomic E-state index is 12.8. The molecule has 1 aliphatic rings. The van der Waals surface area contributed by atoms with E-state index in [4.69, 9.17) is 9.47 Å². The van der Waals surface area contributed by atoms with E-state index in [9.17, 15) is 4.79 Å². The minimum Gasteiger partial charge on any atom is -0.496 e. The fourth-order valence-corrected chi connectivity index (χ4v) is 3.28. The van der Waals surface area contributed by atoms with Gasteiger partial charge in [0.05, 0.1) is 19.4 Å². The highest BCUT2D eigenvalue weighted by atomic mass is 16.5. The average Bonchev–Trinajstić information content (AvgIpc) is 2.69. The minimum absolute atomic E-state index is 0.0565. The molecule has 1 saturated heterocycles. The van der Waals surface area contributed by atoms with Crippen molar-refractivity contribution in [1.82, 2.24) is 4.90 Å². The molecule has 5 heteroatoms. The molecule has 1 amide bonds. The van der Waals surface area contributed by atoms with E-state index in [-0.39, 0.29) is 5.91 Å². The molecule has 0 unspecified atom stereocenters. The Balaban J connectivity index is 1.68. The zero-order valence-electron chi connectivity index (χ0n) is 15.7. The highest BCUT2D eigenvalue weighted by molar-refractivity contribution is 5.95. The SMILES string of the molecule is CCOc1ccccc1N1CCN(C(=O)c2ccc(C)c(OC)c2)CC1. The van der Waals surface area contributed by atoms with Gasteiger partial charge in [0.1, 0.15) is 11.5 Å². The number of benzene rings is 2. The van der Waals surface area contributed by atoms with E-state index >= 15 is 0 Å². The molecule has 0 aliphatic carbocycles. The van der Waals surface area contributed by atoms with Crippen molar-refractivity contribution < 1.29 is 14.3 Å². The van der Waals surface area contributed by atoms with E-state index < -0.39 is 0 Å². The fraction of sp³-hybridized carbons (Fsp3) is 0.381. The molecule has 1 aliphatic heterocycles. The summed E-state index contributed by atoms with van der Waals surface area (Å²) in [7, 11) is 1.63. The number of nitrogens with zero attached hydrogens (tertiary/aromatic N) is 2. The predicted octanol–water partition coefficient (Wildman–Crippen LogP) is 3.36. The van der Waals surface area contributed by atoms with Crippen LogP contribution in [0.1, 0.15) is 22.8 Å². The molecule has 2 aromatic rings. The van der Waals surface area contributed by atoms with E-state index in [1.54, 1.807) is 7.11 Å². The number of methoxy groups -OCH3 is 1. The van der Waals surface area contributed by atoms with Gasteiger partial charge in [-0.05, 0) is 43.7 Å². The maximum atomic E-state index is 12.8. The Kier molecular flexibility index (Phi) is 5.66. The van der Waals surface area contributed by atoms with Crippen LogP contribution in [0.3, 0.4) is 0 Å². The second-order valence-electron chi connectivity index (χ2n) is 6.36. The number of ether oxygens (including phenoxy) is 2. The van der Waals surface area contributed by atoms with E-state index in [0.29, 0.717) is 25.3 Å². The third kappa shape index (κ3) is 3.77. The van der Waals surface area contributed by atoms with Crippen LogP contribution in [0.4, 0.5) is 5.69 Å². The largest absolute Gasteiger partial charge is 0.496 e. The van der Waals surface area contributed by atoms with Gasteiger partial charge in [-0.15, -0.1) is 0 Å². The first-order valence-electron chi connectivity index (χ1n) is 9.04. The van der Waals surface area contributed by atoms with Crippen molar-refractivity contribution in [3.8, 4) is 11.5 Å². The Bertz CT molecular complexity index is 768. The second-order valence-corrected chi connectivity index (χ2v) is 6.36. The molecule has 0 atom stereocenters. The van der Waals surface area contributed by atoms with Crippen LogP contribution in [0.2, 0.25) is 0 Å². The first-order valence-corrected chi connectivity index (χ1v) is 9.04. The summed E-state index contributed by atoms with van der Waals surface area (Å²) in [5.41, 5.74) is 2.80. The summed E-state index contributed by atoms with van der Waals surface area (Å²) in [6, 6.07) is 13.7. The molecule has 0 bridgehead atoms. The minimum atomic E-state index is 0.0565. The third-order valence-electron chi connectivity index (χ3n) is 4.73. The molecule has 0 N–H and O–H groups in total. The van der Waals surface area contributed by atoms with Gasteiger partial charge in [-0.3, -0.25) is 4.79 Å². The van der Waals surface area contributed by atoms with Crippen LogP contribution in [-0.2, 0) is 0 Å². The van der Waals surface area contributed by atoms with E-state index in [0.717, 1.165) is 35.8 Å². The zero-order chi connectivity index (χ0) is 18.5. The van der Waals surface area contributed by atoms with Gasteiger partial charge >= 0.3 is 0 Å². The van der Waals surface area contributed by atoms with Crippen LogP contribution in [0.25, 0.3) is 0 Å². The first-order chi connectivity index (χ1) is 12.6. The number of para-hydroxylation sites is 2. The Hall–Kier alpha value is -2.69. The van der Waals surface area contributed by atoms with Crippen LogP contribution in [0.15, 0.2) is 42.5 Å². The van der Waals surface area contributed by atoms with Gasteiger partial charge in [0, 0.05) is 31.7 Å². The lowest BCUT2D eigenvalue weighted by Gasteiger charge is -2.36. The summed E-state index contributed by atoms with van der Waals surface area (Å²) in [4.78, 5) is 17.0. The maximum Gasteiger partial charge on any atom is 0.254 e. The standard InChI is InChI=1S/C21H26N2O3/c1-4-26-19-8-6-5-7-18(19)22-11-13-23(14-12-22)21(24)17-10-9-16(2)20(15-17)25-3/h5-10,15H,4,11-14H2,1-3H3. The monoisotopic (exact) mass is 354 g/mol. The third-order valence-corrected chi connectivity index (χ3v) is 4.73. The molecule has 0 saturated carbocycles. The number of hydrogen-bond acceptors (Lipinski definition) is 4. The molecular weight excluding hydrogens is 328 g/mol. The molecule has 1 fully saturated rings. The van der Waals surface area contributed by atoms with Gasteiger partial charge in [-0.25, -0.2) is 0 Å². The Morgan fingerprint density at radius 2 is 1.77 bits per heavy atom. The number of carbonyl (C=O) groups is 1. The van der Waals surface area contributed by atoms with Gasteiger partial charge in [0.15, 0.2) is 0 Å². The van der Waals surface area contributed by atoms with Gasteiger partial charge in [0.25, 0.3) is 5.91 Å². The summed E-state index contributed by atoms with van der Waals surface area (Å²) in [6.07, 6.45) is 0. The van der Waals surface area contributed by atoms with Crippen molar-refractivity contribution in [1.29, 1.82) is 0 Å². The second kappa shape index (κ2) is 8.13. The Morgan fingerprint density at radius 1 is 1.04 bits per heavy atom. The lowest BCUT2D eigenvalue weighted by atomic mass is 10.1. The van der Waals surface area contributed by atoms with E-state index in [1.807, 2.05) is 55.1 Å². The smallest absolute Gasteiger partial charge is 0.254 e. The number of anilines is 1. The molecule has 26 heavy (non-hydrogen) atoms. The van der Waals surface area contributed by atoms with Crippen LogP contribution in [-0.4, -0.2) is 50.7 Å². The summed E-state index contributed by atoms with van der Waals surface area (Å²) < 4.78 is 11.1. The van der Waals surface area contributed by atoms with Crippen LogP contribution in [0, 0.1) is 6.92 Å². The number of aryl methyl sites for hydroxylation is 1. The van der Waals surface area contributed by atoms with Gasteiger partial charge in [-0.1, -0.05) is 18.2 Å². The van der Waals surface area contributed by atoms with Crippen LogP contribution in [0.5, 0.6) is 11.5 Å². The van der Waals surface area contributed by atoms with Crippen LogP contribution >= 0.6 is 0 Å². The molecule has 3 rings (SSSR count). The highest BCUT2D eigenvalue weighted by Gasteiger charge is 2.24. The van der Waals surface area contributed by atoms with Crippen LogP contribution < -0.4 is 14.4 Å². The number of carbonyl (C=O) groups excluding carboxylic acids is 1. The van der Waals surface area contributed by atoms with Crippen molar-refractivity contribution in [3.05, 3.63) is 53.6 Å². The van der Waals surface area contributed by atoms with Crippen molar-refractivity contribution >= 4 is 11.6 Å². The van der Waals surface area contributed by atoms with Crippen molar-refractivity contribution in [2.24, 2.45) is 0 Å². The average molecular weight is 354 g/mol. The van der Waals surface area contributed by atoms with E-state index in [2.05, 4.69) is 11.0 Å². The van der Waals surface area contributed by atoms with Crippen molar-refractivity contribution in [2.75, 3.05) is 44.8 Å². The van der Waals surface area contributed by atoms with Gasteiger partial charge in [-0.2, -0.15) is 0 Å². The number of rotatable bonds is 5. The summed E-state index contributed by atoms with van der Waals surface area (Å²) in [5.74, 6) is 1.71. The number of piperazine rings is 1. The van der Waals surface area contributed by atoms with Gasteiger partial charge < -0.3 is 19.3 Å². The number of hydrogen-bond donors (Lipinski definition) is 0.